The lowest BCUT2D eigenvalue weighted by atomic mass is 10.1. The van der Waals surface area contributed by atoms with Crippen LogP contribution in [0.15, 0.2) is 53.6 Å². The van der Waals surface area contributed by atoms with Crippen LogP contribution in [0.1, 0.15) is 47.1 Å². The summed E-state index contributed by atoms with van der Waals surface area (Å²) in [6.07, 6.45) is 5.84. The summed E-state index contributed by atoms with van der Waals surface area (Å²) in [4.78, 5) is 41.8. The Labute approximate surface area is 191 Å². The zero-order valence-electron chi connectivity index (χ0n) is 18.3. The highest BCUT2D eigenvalue weighted by atomic mass is 19.1. The van der Waals surface area contributed by atoms with E-state index in [1.165, 1.54) is 6.07 Å². The van der Waals surface area contributed by atoms with Crippen LogP contribution >= 0.6 is 0 Å². The average Bonchev–Trinajstić information content (AvgIpc) is 3.32. The van der Waals surface area contributed by atoms with Crippen molar-refractivity contribution in [1.29, 1.82) is 0 Å². The number of amides is 1. The van der Waals surface area contributed by atoms with Crippen LogP contribution in [0.5, 0.6) is 0 Å². The highest BCUT2D eigenvalue weighted by molar-refractivity contribution is 5.79. The van der Waals surface area contributed by atoms with Gasteiger partial charge < -0.3 is 9.88 Å². The first-order valence-electron chi connectivity index (χ1n) is 11.3. The summed E-state index contributed by atoms with van der Waals surface area (Å²) in [7, 11) is 0. The zero-order chi connectivity index (χ0) is 22.8. The number of hydrogen-bond acceptors (Lipinski definition) is 5. The smallest absolute Gasteiger partial charge is 0.255 e. The van der Waals surface area contributed by atoms with Crippen LogP contribution < -0.4 is 5.56 Å². The summed E-state index contributed by atoms with van der Waals surface area (Å²) < 4.78 is 14.0. The molecule has 8 heteroatoms. The van der Waals surface area contributed by atoms with Crippen LogP contribution in [-0.4, -0.2) is 43.7 Å². The summed E-state index contributed by atoms with van der Waals surface area (Å²) in [6.45, 7) is 2.65. The van der Waals surface area contributed by atoms with Gasteiger partial charge in [-0.3, -0.25) is 19.5 Å². The van der Waals surface area contributed by atoms with E-state index in [4.69, 9.17) is 4.98 Å². The number of likely N-dealkylation sites (tertiary alicyclic amines) is 1. The molecule has 33 heavy (non-hydrogen) atoms. The van der Waals surface area contributed by atoms with Crippen molar-refractivity contribution < 1.29 is 9.18 Å². The van der Waals surface area contributed by atoms with Gasteiger partial charge in [-0.1, -0.05) is 24.3 Å². The van der Waals surface area contributed by atoms with E-state index in [1.807, 2.05) is 18.3 Å². The van der Waals surface area contributed by atoms with Gasteiger partial charge in [0.2, 0.25) is 5.91 Å². The molecule has 2 aliphatic rings. The van der Waals surface area contributed by atoms with Crippen molar-refractivity contribution >= 4 is 5.91 Å². The van der Waals surface area contributed by atoms with Crippen molar-refractivity contribution in [3.8, 4) is 0 Å². The molecule has 0 saturated carbocycles. The number of rotatable bonds is 5. The lowest BCUT2D eigenvalue weighted by Gasteiger charge is -2.29. The number of benzene rings is 1. The summed E-state index contributed by atoms with van der Waals surface area (Å²) in [5, 5.41) is 0. The Balaban J connectivity index is 1.33. The lowest BCUT2D eigenvalue weighted by molar-refractivity contribution is -0.131. The second kappa shape index (κ2) is 9.23. The van der Waals surface area contributed by atoms with Gasteiger partial charge in [-0.15, -0.1) is 0 Å². The number of hydrogen-bond donors (Lipinski definition) is 1. The van der Waals surface area contributed by atoms with Crippen molar-refractivity contribution in [1.82, 2.24) is 24.8 Å². The van der Waals surface area contributed by atoms with Crippen LogP contribution in [0.25, 0.3) is 0 Å². The fourth-order valence-electron chi connectivity index (χ4n) is 4.80. The molecule has 3 aromatic rings. The van der Waals surface area contributed by atoms with E-state index in [2.05, 4.69) is 14.9 Å². The average molecular weight is 448 g/mol. The molecule has 0 unspecified atom stereocenters. The van der Waals surface area contributed by atoms with Gasteiger partial charge >= 0.3 is 0 Å². The van der Waals surface area contributed by atoms with E-state index in [1.54, 1.807) is 29.3 Å². The maximum absolute atomic E-state index is 14.0. The first kappa shape index (κ1) is 21.5. The normalized spacial score (nSPS) is 18.3. The largest absolute Gasteiger partial charge is 0.332 e. The highest BCUT2D eigenvalue weighted by Gasteiger charge is 2.33. The molecule has 2 aromatic heterocycles. The molecule has 2 aliphatic heterocycles. The van der Waals surface area contributed by atoms with Crippen LogP contribution in [-0.2, 0) is 30.7 Å². The molecule has 0 radical (unpaired) electrons. The minimum atomic E-state index is -0.377. The Morgan fingerprint density at radius 2 is 2.06 bits per heavy atom. The molecule has 5 rings (SSSR count). The number of nitrogens with one attached hydrogen (secondary N) is 1. The predicted octanol–water partition coefficient (Wildman–Crippen LogP) is 2.77. The second-order valence-electron chi connectivity index (χ2n) is 8.71. The molecule has 1 aromatic carbocycles. The van der Waals surface area contributed by atoms with Gasteiger partial charge in [0, 0.05) is 45.0 Å². The third-order valence-electron chi connectivity index (χ3n) is 6.48. The Bertz CT molecular complexity index is 1210. The van der Waals surface area contributed by atoms with E-state index in [0.717, 1.165) is 37.2 Å². The van der Waals surface area contributed by atoms with Gasteiger partial charge in [-0.2, -0.15) is 0 Å². The topological polar surface area (TPSA) is 82.2 Å². The maximum Gasteiger partial charge on any atom is 0.255 e. The SMILES string of the molecule is O=C(Cc1ccccc1F)N1CCC[C@@H]1c1nc2c(c(=O)[nH]1)CN(Cc1cccnc1)CC2. The molecule has 7 nitrogen and oxygen atoms in total. The molecular weight excluding hydrogens is 421 g/mol. The van der Waals surface area contributed by atoms with E-state index in [-0.39, 0.29) is 29.7 Å². The first-order chi connectivity index (χ1) is 16.1. The van der Waals surface area contributed by atoms with Gasteiger partial charge in [0.1, 0.15) is 11.6 Å². The first-order valence-corrected chi connectivity index (χ1v) is 11.3. The minimum Gasteiger partial charge on any atom is -0.332 e. The van der Waals surface area contributed by atoms with Crippen LogP contribution in [0.4, 0.5) is 4.39 Å². The Morgan fingerprint density at radius 3 is 2.88 bits per heavy atom. The molecule has 0 bridgehead atoms. The molecular formula is C25H26FN5O2. The standard InChI is InChI=1S/C25H26FN5O2/c26-20-7-2-1-6-18(20)13-23(32)31-11-4-8-22(31)24-28-21-9-12-30(16-19(21)25(33)29-24)15-17-5-3-10-27-14-17/h1-3,5-7,10,14,22H,4,8-9,11-13,15-16H2,(H,28,29,33)/t22-/m1/s1. The molecule has 1 fully saturated rings. The fraction of sp³-hybridized carbons (Fsp3) is 0.360. The number of carbonyl (C=O) groups is 1. The van der Waals surface area contributed by atoms with E-state index in [0.29, 0.717) is 36.5 Å². The van der Waals surface area contributed by atoms with Gasteiger partial charge in [0.15, 0.2) is 0 Å². The Hall–Kier alpha value is -3.39. The van der Waals surface area contributed by atoms with Crippen LogP contribution in [0.2, 0.25) is 0 Å². The molecule has 1 saturated heterocycles. The lowest BCUT2D eigenvalue weighted by Crippen LogP contribution is -2.38. The molecule has 0 aliphatic carbocycles. The van der Waals surface area contributed by atoms with Gasteiger partial charge in [0.25, 0.3) is 5.56 Å². The summed E-state index contributed by atoms with van der Waals surface area (Å²) in [5.41, 5.74) is 2.85. The number of carbonyl (C=O) groups excluding carboxylic acids is 1. The molecule has 170 valence electrons. The molecule has 1 N–H and O–H groups in total. The van der Waals surface area contributed by atoms with Crippen molar-refractivity contribution in [2.24, 2.45) is 0 Å². The molecule has 4 heterocycles. The van der Waals surface area contributed by atoms with Gasteiger partial charge in [-0.05, 0) is 36.1 Å². The number of halogens is 1. The molecule has 1 atom stereocenters. The molecule has 1 amide bonds. The van der Waals surface area contributed by atoms with E-state index >= 15 is 0 Å². The zero-order valence-corrected chi connectivity index (χ0v) is 18.3. The number of nitrogens with zero attached hydrogens (tertiary/aromatic N) is 4. The quantitative estimate of drug-likeness (QED) is 0.651. The molecule has 0 spiro atoms. The highest BCUT2D eigenvalue weighted by Crippen LogP contribution is 2.31. The third-order valence-corrected chi connectivity index (χ3v) is 6.48. The summed E-state index contributed by atoms with van der Waals surface area (Å²) >= 11 is 0. The Morgan fingerprint density at radius 1 is 1.18 bits per heavy atom. The van der Waals surface area contributed by atoms with Crippen LogP contribution in [0, 0.1) is 5.82 Å². The number of aromatic nitrogens is 3. The number of H-pyrrole nitrogens is 1. The van der Waals surface area contributed by atoms with E-state index < -0.39 is 0 Å². The van der Waals surface area contributed by atoms with E-state index in [9.17, 15) is 14.0 Å². The Kier molecular flexibility index (Phi) is 6.00. The van der Waals surface area contributed by atoms with Crippen LogP contribution in [0.3, 0.4) is 0 Å². The monoisotopic (exact) mass is 447 g/mol. The maximum atomic E-state index is 14.0. The number of pyridine rings is 1. The van der Waals surface area contributed by atoms with Crippen molar-refractivity contribution in [2.75, 3.05) is 13.1 Å². The van der Waals surface area contributed by atoms with Crippen molar-refractivity contribution in [3.05, 3.63) is 93.2 Å². The van der Waals surface area contributed by atoms with Gasteiger partial charge in [-0.25, -0.2) is 9.37 Å². The van der Waals surface area contributed by atoms with Crippen molar-refractivity contribution in [3.63, 3.8) is 0 Å². The summed E-state index contributed by atoms with van der Waals surface area (Å²) in [5.74, 6) is 0.0159. The van der Waals surface area contributed by atoms with Crippen molar-refractivity contribution in [2.45, 2.75) is 44.8 Å². The number of aromatic amines is 1. The van der Waals surface area contributed by atoms with Gasteiger partial charge in [0.05, 0.1) is 23.7 Å². The minimum absolute atomic E-state index is 0.00164. The fourth-order valence-corrected chi connectivity index (χ4v) is 4.80. The summed E-state index contributed by atoms with van der Waals surface area (Å²) in [6, 6.07) is 10.00. The second-order valence-corrected chi connectivity index (χ2v) is 8.71. The number of fused-ring (bicyclic) bond motifs is 1. The predicted molar refractivity (Wildman–Crippen MR) is 121 cm³/mol. The third kappa shape index (κ3) is 4.57.